The highest BCUT2D eigenvalue weighted by Gasteiger charge is 2.35. The Balaban J connectivity index is 1.18. The fourth-order valence-corrected chi connectivity index (χ4v) is 6.60. The smallest absolute Gasteiger partial charge is 0.187 e. The Hall–Kier alpha value is -6.18. The second kappa shape index (κ2) is 11.3. The molecule has 1 aliphatic rings. The van der Waals surface area contributed by atoms with Crippen LogP contribution in [0.15, 0.2) is 146 Å². The summed E-state index contributed by atoms with van der Waals surface area (Å²) < 4.78 is 0. The molecule has 4 heteroatoms. The molecule has 6 aromatic carbocycles. The molecule has 0 unspecified atom stereocenters. The molecule has 8 rings (SSSR count). The molecule has 0 saturated carbocycles. The van der Waals surface area contributed by atoms with Gasteiger partial charge in [0.25, 0.3) is 0 Å². The van der Waals surface area contributed by atoms with Gasteiger partial charge in [0.15, 0.2) is 23.2 Å². The van der Waals surface area contributed by atoms with E-state index in [0.717, 1.165) is 38.9 Å². The molecule has 1 aromatic heterocycles. The normalized spacial score (nSPS) is 12.6. The van der Waals surface area contributed by atoms with Crippen molar-refractivity contribution < 1.29 is 0 Å². The molecule has 0 N–H and O–H groups in total. The molecule has 1 aliphatic carbocycles. The van der Waals surface area contributed by atoms with E-state index in [-0.39, 0.29) is 5.41 Å². The molecule has 47 heavy (non-hydrogen) atoms. The van der Waals surface area contributed by atoms with Crippen LogP contribution >= 0.6 is 0 Å². The van der Waals surface area contributed by atoms with Gasteiger partial charge in [-0.05, 0) is 62.7 Å². The molecule has 0 atom stereocenters. The van der Waals surface area contributed by atoms with Gasteiger partial charge >= 0.3 is 0 Å². The summed E-state index contributed by atoms with van der Waals surface area (Å²) in [6, 6.07) is 50.1. The lowest BCUT2D eigenvalue weighted by atomic mass is 9.81. The zero-order valence-electron chi connectivity index (χ0n) is 26.1. The third-order valence-corrected chi connectivity index (χ3v) is 9.16. The quantitative estimate of drug-likeness (QED) is 0.184. The Bertz CT molecular complexity index is 2260. The number of fused-ring (bicyclic) bond motifs is 3. The largest absolute Gasteiger partial charge is 0.238 e. The van der Waals surface area contributed by atoms with Crippen molar-refractivity contribution in [1.29, 1.82) is 0 Å². The second-order valence-corrected chi connectivity index (χ2v) is 12.4. The Morgan fingerprint density at radius 1 is 0.426 bits per heavy atom. The third-order valence-electron chi connectivity index (χ3n) is 9.16. The van der Waals surface area contributed by atoms with Crippen molar-refractivity contribution in [3.8, 4) is 67.5 Å². The molecule has 0 spiro atoms. The molecule has 1 heterocycles. The van der Waals surface area contributed by atoms with Crippen molar-refractivity contribution in [3.05, 3.63) is 168 Å². The van der Waals surface area contributed by atoms with Crippen LogP contribution in [0.2, 0.25) is 0 Å². The molecule has 4 nitrogen and oxygen atoms in total. The number of aromatic nitrogens is 3. The van der Waals surface area contributed by atoms with Crippen LogP contribution in [0.25, 0.3) is 72.4 Å². The van der Waals surface area contributed by atoms with E-state index in [4.69, 9.17) is 21.5 Å². The van der Waals surface area contributed by atoms with Crippen LogP contribution in [0.1, 0.15) is 25.0 Å². The maximum atomic E-state index is 7.28. The van der Waals surface area contributed by atoms with Crippen molar-refractivity contribution in [1.82, 2.24) is 15.0 Å². The minimum atomic E-state index is -0.172. The fraction of sp³-hybridized carbons (Fsp3) is 0.0698. The molecule has 0 saturated heterocycles. The molecule has 0 bridgehead atoms. The summed E-state index contributed by atoms with van der Waals surface area (Å²) in [4.78, 5) is 18.3. The zero-order chi connectivity index (χ0) is 32.0. The summed E-state index contributed by atoms with van der Waals surface area (Å²) in [6.07, 6.45) is 0. The van der Waals surface area contributed by atoms with Gasteiger partial charge in [-0.15, -0.1) is 0 Å². The molecule has 222 valence electrons. The van der Waals surface area contributed by atoms with E-state index >= 15 is 0 Å². The Morgan fingerprint density at radius 3 is 1.38 bits per heavy atom. The first-order valence-electron chi connectivity index (χ1n) is 15.7. The third kappa shape index (κ3) is 5.09. The van der Waals surface area contributed by atoms with Crippen molar-refractivity contribution >= 4 is 5.69 Å². The van der Waals surface area contributed by atoms with Gasteiger partial charge in [-0.3, -0.25) is 0 Å². The maximum Gasteiger partial charge on any atom is 0.187 e. The molecule has 0 aliphatic heterocycles. The highest BCUT2D eigenvalue weighted by molar-refractivity contribution is 5.86. The lowest BCUT2D eigenvalue weighted by Crippen LogP contribution is -2.15. The zero-order valence-corrected chi connectivity index (χ0v) is 26.1. The van der Waals surface area contributed by atoms with Crippen molar-refractivity contribution in [2.75, 3.05) is 0 Å². The summed E-state index contributed by atoms with van der Waals surface area (Å²) in [6.45, 7) is 11.9. The van der Waals surface area contributed by atoms with E-state index in [1.165, 1.54) is 22.3 Å². The van der Waals surface area contributed by atoms with Gasteiger partial charge in [-0.2, -0.15) is 0 Å². The monoisotopic (exact) mass is 602 g/mol. The summed E-state index contributed by atoms with van der Waals surface area (Å²) in [7, 11) is 0. The molecular weight excluding hydrogens is 573 g/mol. The average Bonchev–Trinajstić information content (AvgIpc) is 3.37. The Kier molecular flexibility index (Phi) is 6.82. The van der Waals surface area contributed by atoms with Crippen molar-refractivity contribution in [2.24, 2.45) is 0 Å². The minimum absolute atomic E-state index is 0.172. The number of hydrogen-bond acceptors (Lipinski definition) is 3. The van der Waals surface area contributed by atoms with Crippen LogP contribution in [0, 0.1) is 6.57 Å². The number of hydrogen-bond donors (Lipinski definition) is 0. The van der Waals surface area contributed by atoms with E-state index < -0.39 is 0 Å². The second-order valence-electron chi connectivity index (χ2n) is 12.4. The lowest BCUT2D eigenvalue weighted by Gasteiger charge is -2.22. The summed E-state index contributed by atoms with van der Waals surface area (Å²) in [5.74, 6) is 1.95. The molecular formula is C43H30N4. The predicted molar refractivity (Wildman–Crippen MR) is 191 cm³/mol. The van der Waals surface area contributed by atoms with Gasteiger partial charge in [0.05, 0.1) is 6.57 Å². The lowest BCUT2D eigenvalue weighted by molar-refractivity contribution is 0.661. The van der Waals surface area contributed by atoms with Crippen molar-refractivity contribution in [3.63, 3.8) is 0 Å². The summed E-state index contributed by atoms with van der Waals surface area (Å²) >= 11 is 0. The van der Waals surface area contributed by atoms with Gasteiger partial charge in [-0.25, -0.2) is 19.8 Å². The van der Waals surface area contributed by atoms with E-state index in [0.29, 0.717) is 23.2 Å². The summed E-state index contributed by atoms with van der Waals surface area (Å²) in [5.41, 5.74) is 13.1. The maximum absolute atomic E-state index is 7.28. The van der Waals surface area contributed by atoms with E-state index in [1.54, 1.807) is 0 Å². The summed E-state index contributed by atoms with van der Waals surface area (Å²) in [5, 5.41) is 0. The highest BCUT2D eigenvalue weighted by atomic mass is 15.0. The number of nitrogens with zero attached hydrogens (tertiary/aromatic N) is 4. The number of benzene rings is 6. The van der Waals surface area contributed by atoms with E-state index in [1.807, 2.05) is 84.9 Å². The van der Waals surface area contributed by atoms with Crippen LogP contribution in [0.4, 0.5) is 5.69 Å². The highest BCUT2D eigenvalue weighted by Crippen LogP contribution is 2.50. The first kappa shape index (κ1) is 28.3. The molecule has 7 aromatic rings. The van der Waals surface area contributed by atoms with E-state index in [2.05, 4.69) is 79.4 Å². The Morgan fingerprint density at radius 2 is 0.851 bits per heavy atom. The predicted octanol–water partition coefficient (Wildman–Crippen LogP) is 11.1. The first-order valence-corrected chi connectivity index (χ1v) is 15.7. The van der Waals surface area contributed by atoms with Crippen molar-refractivity contribution in [2.45, 2.75) is 19.3 Å². The van der Waals surface area contributed by atoms with Crippen LogP contribution < -0.4 is 0 Å². The standard InChI is InChI=1S/C43H30N4/c1-43(2)38-26-32(28-17-21-35(44-3)22-18-28)19-23-36(38)37-24-20-33(27-39(37)43)31-15-10-16-34(25-31)42-46-40(29-11-6-4-7-12-29)45-41(47-42)30-13-8-5-9-14-30/h4-27H,1-2H3. The minimum Gasteiger partial charge on any atom is -0.238 e. The first-order chi connectivity index (χ1) is 23.0. The average molecular weight is 603 g/mol. The van der Waals surface area contributed by atoms with E-state index in [9.17, 15) is 0 Å². The van der Waals surface area contributed by atoms with Crippen LogP contribution in [0.3, 0.4) is 0 Å². The topological polar surface area (TPSA) is 43.0 Å². The molecule has 0 fully saturated rings. The fourth-order valence-electron chi connectivity index (χ4n) is 6.60. The Labute approximate surface area is 274 Å². The van der Waals surface area contributed by atoms with Gasteiger partial charge in [0, 0.05) is 22.1 Å². The molecule has 0 amide bonds. The van der Waals surface area contributed by atoms with Crippen LogP contribution in [-0.4, -0.2) is 15.0 Å². The van der Waals surface area contributed by atoms with Crippen LogP contribution in [-0.2, 0) is 5.41 Å². The van der Waals surface area contributed by atoms with Crippen LogP contribution in [0.5, 0.6) is 0 Å². The van der Waals surface area contributed by atoms with Gasteiger partial charge in [-0.1, -0.05) is 141 Å². The van der Waals surface area contributed by atoms with Gasteiger partial charge in [0.2, 0.25) is 0 Å². The molecule has 0 radical (unpaired) electrons. The SMILES string of the molecule is [C-]#[N+]c1ccc(-c2ccc3c(c2)C(C)(C)c2cc(-c4cccc(-c5nc(-c6ccccc6)nc(-c6ccccc6)n5)c4)ccc2-3)cc1. The van der Waals surface area contributed by atoms with Gasteiger partial charge in [0.1, 0.15) is 0 Å². The number of rotatable bonds is 5. The van der Waals surface area contributed by atoms with Gasteiger partial charge < -0.3 is 0 Å².